The van der Waals surface area contributed by atoms with E-state index in [0.29, 0.717) is 11.4 Å². The Morgan fingerprint density at radius 3 is 2.77 bits per heavy atom. The smallest absolute Gasteiger partial charge is 0.229 e. The maximum atomic E-state index is 10.8. The van der Waals surface area contributed by atoms with Gasteiger partial charge in [-0.15, -0.1) is 0 Å². The molecule has 1 rings (SSSR count). The molecule has 1 aromatic rings. The van der Waals surface area contributed by atoms with E-state index < -0.39 is 10.0 Å². The number of rotatable bonds is 3. The average Bonchev–Trinajstić information content (AvgIpc) is 2.01. The van der Waals surface area contributed by atoms with Crippen molar-refractivity contribution in [3.63, 3.8) is 0 Å². The molecule has 0 amide bonds. The molecular formula is C8H10NO3S. The first-order chi connectivity index (χ1) is 6.01. The van der Waals surface area contributed by atoms with E-state index in [-0.39, 0.29) is 0 Å². The predicted octanol–water partition coefficient (Wildman–Crippen LogP) is 0.867. The van der Waals surface area contributed by atoms with Crippen LogP contribution in [-0.4, -0.2) is 21.8 Å². The third kappa shape index (κ3) is 3.33. The van der Waals surface area contributed by atoms with E-state index in [1.165, 1.54) is 7.11 Å². The minimum atomic E-state index is -3.22. The van der Waals surface area contributed by atoms with E-state index in [1.54, 1.807) is 18.2 Å². The lowest BCUT2D eigenvalue weighted by molar-refractivity contribution is 0.414. The van der Waals surface area contributed by atoms with Crippen LogP contribution >= 0.6 is 0 Å². The van der Waals surface area contributed by atoms with Crippen LogP contribution in [0.2, 0.25) is 0 Å². The Hall–Kier alpha value is -1.23. The summed E-state index contributed by atoms with van der Waals surface area (Å²) >= 11 is 0. The summed E-state index contributed by atoms with van der Waals surface area (Å²) in [5.74, 6) is 0.494. The van der Waals surface area contributed by atoms with Crippen LogP contribution in [0.4, 0.5) is 5.69 Å². The van der Waals surface area contributed by atoms with Crippen molar-refractivity contribution < 1.29 is 13.2 Å². The molecule has 0 fully saturated rings. The molecule has 0 aromatic heterocycles. The predicted molar refractivity (Wildman–Crippen MR) is 50.3 cm³/mol. The highest BCUT2D eigenvalue weighted by atomic mass is 32.2. The number of anilines is 1. The third-order valence-corrected chi connectivity index (χ3v) is 1.90. The largest absolute Gasteiger partial charge is 0.496 e. The van der Waals surface area contributed by atoms with Crippen molar-refractivity contribution in [1.29, 1.82) is 0 Å². The number of methoxy groups -OCH3 is 1. The molecule has 0 spiro atoms. The molecule has 0 atom stereocenters. The van der Waals surface area contributed by atoms with Crippen LogP contribution in [0.5, 0.6) is 5.75 Å². The van der Waals surface area contributed by atoms with Gasteiger partial charge in [-0.1, -0.05) is 0 Å². The van der Waals surface area contributed by atoms with Gasteiger partial charge in [0, 0.05) is 12.1 Å². The van der Waals surface area contributed by atoms with Crippen molar-refractivity contribution in [1.82, 2.24) is 0 Å². The first-order valence-electron chi connectivity index (χ1n) is 3.55. The lowest BCUT2D eigenvalue weighted by Crippen LogP contribution is -2.09. The number of hydrogen-bond donors (Lipinski definition) is 1. The van der Waals surface area contributed by atoms with Gasteiger partial charge in [0.25, 0.3) is 0 Å². The Bertz CT molecular complexity index is 386. The van der Waals surface area contributed by atoms with Crippen LogP contribution in [-0.2, 0) is 10.0 Å². The molecule has 13 heavy (non-hydrogen) atoms. The van der Waals surface area contributed by atoms with Gasteiger partial charge >= 0.3 is 0 Å². The first kappa shape index (κ1) is 9.85. The fraction of sp³-hybridized carbons (Fsp3) is 0.250. The van der Waals surface area contributed by atoms with E-state index in [9.17, 15) is 8.42 Å². The molecule has 71 valence electrons. The number of sulfonamides is 1. The van der Waals surface area contributed by atoms with Gasteiger partial charge in [-0.05, 0) is 12.1 Å². The summed E-state index contributed by atoms with van der Waals surface area (Å²) < 4.78 is 28.9. The molecule has 0 bridgehead atoms. The van der Waals surface area contributed by atoms with Crippen LogP contribution in [0.1, 0.15) is 0 Å². The quantitative estimate of drug-likeness (QED) is 0.787. The Balaban J connectivity index is 2.90. The van der Waals surface area contributed by atoms with Crippen LogP contribution < -0.4 is 9.46 Å². The van der Waals surface area contributed by atoms with Crippen LogP contribution in [0, 0.1) is 6.07 Å². The third-order valence-electron chi connectivity index (χ3n) is 1.30. The maximum absolute atomic E-state index is 10.8. The molecule has 0 heterocycles. The van der Waals surface area contributed by atoms with Crippen LogP contribution in [0.15, 0.2) is 18.2 Å². The molecule has 0 unspecified atom stereocenters. The zero-order valence-corrected chi connectivity index (χ0v) is 8.18. The summed E-state index contributed by atoms with van der Waals surface area (Å²) in [7, 11) is -1.73. The van der Waals surface area contributed by atoms with Crippen LogP contribution in [0.3, 0.4) is 0 Å². The minimum Gasteiger partial charge on any atom is -0.496 e. The second kappa shape index (κ2) is 3.66. The Morgan fingerprint density at radius 1 is 1.54 bits per heavy atom. The normalized spacial score (nSPS) is 10.9. The Labute approximate surface area is 77.6 Å². The number of nitrogens with one attached hydrogen (secondary N) is 1. The molecule has 1 aromatic carbocycles. The van der Waals surface area contributed by atoms with Crippen molar-refractivity contribution in [3.8, 4) is 5.75 Å². The van der Waals surface area contributed by atoms with Gasteiger partial charge in [0.15, 0.2) is 0 Å². The molecule has 0 aliphatic rings. The van der Waals surface area contributed by atoms with E-state index in [1.807, 2.05) is 0 Å². The average molecular weight is 200 g/mol. The van der Waals surface area contributed by atoms with Crippen molar-refractivity contribution in [2.24, 2.45) is 0 Å². The van der Waals surface area contributed by atoms with Gasteiger partial charge in [0.2, 0.25) is 10.0 Å². The lowest BCUT2D eigenvalue weighted by Gasteiger charge is -2.04. The lowest BCUT2D eigenvalue weighted by atomic mass is 10.3. The van der Waals surface area contributed by atoms with Crippen LogP contribution in [0.25, 0.3) is 0 Å². The van der Waals surface area contributed by atoms with Crippen molar-refractivity contribution in [2.75, 3.05) is 18.1 Å². The minimum absolute atomic E-state index is 0.470. The van der Waals surface area contributed by atoms with Gasteiger partial charge in [-0.25, -0.2) is 8.42 Å². The molecule has 0 aliphatic carbocycles. The highest BCUT2D eigenvalue weighted by Gasteiger charge is 2.01. The molecule has 1 radical (unpaired) electrons. The maximum Gasteiger partial charge on any atom is 0.229 e. The monoisotopic (exact) mass is 200 g/mol. The SMILES string of the molecule is COc1[c]ccc(NS(C)(=O)=O)c1. The zero-order valence-electron chi connectivity index (χ0n) is 7.37. The fourth-order valence-corrected chi connectivity index (χ4v) is 1.40. The Morgan fingerprint density at radius 2 is 2.23 bits per heavy atom. The molecule has 0 saturated heterocycles. The van der Waals surface area contributed by atoms with Crippen molar-refractivity contribution in [2.45, 2.75) is 0 Å². The number of benzene rings is 1. The number of hydrogen-bond acceptors (Lipinski definition) is 3. The summed E-state index contributed by atoms with van der Waals surface area (Å²) in [6.07, 6.45) is 1.09. The topological polar surface area (TPSA) is 55.4 Å². The van der Waals surface area contributed by atoms with E-state index in [4.69, 9.17) is 4.74 Å². The summed E-state index contributed by atoms with van der Waals surface area (Å²) in [6.45, 7) is 0. The molecule has 4 nitrogen and oxygen atoms in total. The van der Waals surface area contributed by atoms with E-state index in [0.717, 1.165) is 6.26 Å². The fourth-order valence-electron chi connectivity index (χ4n) is 0.840. The van der Waals surface area contributed by atoms with Crippen molar-refractivity contribution in [3.05, 3.63) is 24.3 Å². The van der Waals surface area contributed by atoms with E-state index >= 15 is 0 Å². The summed E-state index contributed by atoms with van der Waals surface area (Å²) in [4.78, 5) is 0. The van der Waals surface area contributed by atoms with Crippen molar-refractivity contribution >= 4 is 15.7 Å². The zero-order chi connectivity index (χ0) is 9.90. The molecular weight excluding hydrogens is 190 g/mol. The summed E-state index contributed by atoms with van der Waals surface area (Å²) in [5, 5.41) is 0. The summed E-state index contributed by atoms with van der Waals surface area (Å²) in [6, 6.07) is 7.53. The van der Waals surface area contributed by atoms with Gasteiger partial charge < -0.3 is 4.74 Å². The number of ether oxygens (including phenoxy) is 1. The van der Waals surface area contributed by atoms with Gasteiger partial charge in [0.1, 0.15) is 5.75 Å². The standard InChI is InChI=1S/C8H10NO3S/c1-12-8-5-3-4-7(6-8)9-13(2,10)11/h3-4,6,9H,1-2H3. The Kier molecular flexibility index (Phi) is 2.77. The van der Waals surface area contributed by atoms with E-state index in [2.05, 4.69) is 10.8 Å². The molecule has 0 aliphatic heterocycles. The highest BCUT2D eigenvalue weighted by Crippen LogP contribution is 2.16. The van der Waals surface area contributed by atoms with Gasteiger partial charge in [-0.2, -0.15) is 0 Å². The molecule has 5 heteroatoms. The molecule has 1 N–H and O–H groups in total. The van der Waals surface area contributed by atoms with Gasteiger partial charge in [0.05, 0.1) is 19.1 Å². The second-order valence-corrected chi connectivity index (χ2v) is 4.27. The first-order valence-corrected chi connectivity index (χ1v) is 5.44. The second-order valence-electron chi connectivity index (χ2n) is 2.52. The highest BCUT2D eigenvalue weighted by molar-refractivity contribution is 7.92. The summed E-state index contributed by atoms with van der Waals surface area (Å²) in [5.41, 5.74) is 0.470. The molecule has 0 saturated carbocycles. The van der Waals surface area contributed by atoms with Gasteiger partial charge in [-0.3, -0.25) is 4.72 Å².